The topological polar surface area (TPSA) is 481 Å². The van der Waals surface area contributed by atoms with Crippen LogP contribution in [-0.2, 0) is 87.5 Å². The maximum atomic E-state index is 14.8. The van der Waals surface area contributed by atoms with Crippen LogP contribution in [0.25, 0.3) is 44.6 Å². The highest BCUT2D eigenvalue weighted by molar-refractivity contribution is 6.39. The van der Waals surface area contributed by atoms with Crippen molar-refractivity contribution in [1.82, 2.24) is 60.6 Å². The summed E-state index contributed by atoms with van der Waals surface area (Å²) in [7, 11) is 3.19. The number of anilines is 2. The summed E-state index contributed by atoms with van der Waals surface area (Å²) in [5, 5.41) is 57.9. The number of unbranched alkanes of at least 4 members (excludes halogenated alkanes) is 1. The summed E-state index contributed by atoms with van der Waals surface area (Å²) in [6.45, 7) is 17.5. The minimum Gasteiger partial charge on any atom is -0.460 e. The molecule has 4 aliphatic rings. The average molecular weight is 1800 g/mol. The molecule has 3 aliphatic heterocycles. The quantitative estimate of drug-likeness (QED) is 0.00785. The van der Waals surface area contributed by atoms with Crippen LogP contribution >= 0.6 is 0 Å². The van der Waals surface area contributed by atoms with E-state index in [2.05, 4.69) is 41.2 Å². The number of aliphatic hydroxyl groups excluding tert-OH is 2. The number of carbonyl (C=O) groups is 8. The van der Waals surface area contributed by atoms with E-state index < -0.39 is 89.5 Å². The molecule has 1 saturated carbocycles. The van der Waals surface area contributed by atoms with E-state index in [1.807, 2.05) is 75.5 Å². The fraction of sp³-hybridized carbons (Fsp3) is 0.613. The highest BCUT2D eigenvalue weighted by Gasteiger charge is 2.53. The average Bonchev–Trinajstić information content (AvgIpc) is 1.71. The number of carbonyl (C=O) groups excluding carboxylic acids is 8. The van der Waals surface area contributed by atoms with Gasteiger partial charge < -0.3 is 99.4 Å². The number of esters is 1. The first-order valence-electron chi connectivity index (χ1n) is 45.2. The van der Waals surface area contributed by atoms with Crippen LogP contribution in [0.5, 0.6) is 0 Å². The molecule has 10 rings (SSSR count). The third-order valence-electron chi connectivity index (χ3n) is 24.4. The van der Waals surface area contributed by atoms with Gasteiger partial charge >= 0.3 is 5.97 Å². The van der Waals surface area contributed by atoms with E-state index in [9.17, 15) is 53.7 Å². The van der Waals surface area contributed by atoms with Gasteiger partial charge in [-0.2, -0.15) is 10.1 Å². The molecule has 4 aromatic heterocycles. The molecule has 36 heteroatoms. The second-order valence-electron chi connectivity index (χ2n) is 34.1. The Balaban J connectivity index is 0.586. The summed E-state index contributed by atoms with van der Waals surface area (Å²) in [5.74, 6) is -9.48. The zero-order valence-corrected chi connectivity index (χ0v) is 75.9. The number of amides is 4. The number of ketones is 3. The first-order valence-corrected chi connectivity index (χ1v) is 45.2. The standard InChI is InChI=1S/C93H132N14O22/c1-58-18-11-10-12-19-59(2)76(119-8)54-69-26-23-64(7)93(118,129-69)86(114)90(116)105-34-15-13-22-73(105)91(117)127-77(55-74(108)60(3)49-63(6)84(112)85(113)83(111)62(5)48-58)61(4)50-65-24-27-72(78(51-65)120-9)107-56-71(102-104-107)66-20-17-21-68(52-66)89(115)98-33-39-124-43-47-126-45-41-122-37-30-80(110)97-32-38-123-42-46-125-44-40-121-36-29-79(109)96-31-14-16-35-106-88-81(87(94)99-57-100-88)82(103-106)67-25-28-75-70(53-67)101-92(95)128-75/h10-12,17-21,25,28,49,52-53,56-58,60-62,64-65,69,72-73,76-78,84-85,112-113,118H,13-16,22-24,26-27,29-48,50-51,54-55H2,1-9H3,(H2,95,101)(H,96,109)(H,97,110)(H,98,115)(H2,94,99,100)/b12-10+,18-11+,59-19+,63-49+/t58-,60-,61-,62-,64-,65+,69+,72+,73+,76+,77+,78-,84-,85+,93-/m1/s1. The molecule has 3 fully saturated rings. The van der Waals surface area contributed by atoms with Gasteiger partial charge in [-0.25, -0.2) is 24.1 Å². The number of nitrogens with two attached hydrogens (primary N) is 2. The van der Waals surface area contributed by atoms with Crippen molar-refractivity contribution in [1.29, 1.82) is 0 Å². The highest BCUT2D eigenvalue weighted by atomic mass is 16.6. The largest absolute Gasteiger partial charge is 0.460 e. The molecule has 15 atom stereocenters. The van der Waals surface area contributed by atoms with Crippen LogP contribution in [0.1, 0.15) is 168 Å². The Kier molecular flexibility index (Phi) is 40.0. The smallest absolute Gasteiger partial charge is 0.329 e. The van der Waals surface area contributed by atoms with E-state index in [4.69, 9.17) is 68.4 Å². The molecule has 4 amide bonds. The maximum absolute atomic E-state index is 14.8. The lowest BCUT2D eigenvalue weighted by Gasteiger charge is -2.42. The Hall–Kier alpha value is -9.96. The van der Waals surface area contributed by atoms with Crippen LogP contribution in [0.4, 0.5) is 11.8 Å². The molecule has 2 aromatic carbocycles. The third kappa shape index (κ3) is 29.5. The van der Waals surface area contributed by atoms with Gasteiger partial charge in [-0.05, 0) is 150 Å². The first kappa shape index (κ1) is 101. The van der Waals surface area contributed by atoms with E-state index in [0.717, 1.165) is 17.6 Å². The fourth-order valence-electron chi connectivity index (χ4n) is 16.9. The predicted molar refractivity (Wildman–Crippen MR) is 478 cm³/mol. The fourth-order valence-corrected chi connectivity index (χ4v) is 16.9. The molecular weight excluding hydrogens is 1670 g/mol. The normalized spacial score (nSPS) is 26.2. The Morgan fingerprint density at radius 3 is 2.11 bits per heavy atom. The first-order chi connectivity index (χ1) is 62.1. The molecule has 36 nitrogen and oxygen atoms in total. The SMILES string of the molecule is CO[C@H]1C[C@@H]2CC[C@@H](C)[C@@](O)(O2)C(=O)C(=O)N2CCCC[C@H]2C(=O)O[C@H]([C@H](C)C[C@@H]2CC[C@H](n3cc(-c4cccc(C(=O)NCCOCCOCCOCCC(=O)NCCOCCOCCOCCC(=O)NCCCCn5nc(-c6ccc7oc(N)nc7c6)c6c(N)ncnc65)c4)nn3)[C@H](OC)C2)CC(=O)[C@H](C)/C=C(\C)[C@@H](O)[C@@H](O)C(=O)[C@H](C)C[C@H](C)/C=C/C=C/C=C/1C. The number of aryl methyl sites for hydroxylation is 1. The van der Waals surface area contributed by atoms with E-state index in [-0.39, 0.29) is 137 Å². The second-order valence-corrected chi connectivity index (χ2v) is 34.1. The number of allylic oxidation sites excluding steroid dienone is 6. The van der Waals surface area contributed by atoms with Crippen molar-refractivity contribution in [3.05, 3.63) is 108 Å². The molecule has 7 heterocycles. The number of methoxy groups -OCH3 is 2. The van der Waals surface area contributed by atoms with Gasteiger partial charge in [0.25, 0.3) is 23.6 Å². The molecule has 2 bridgehead atoms. The minimum absolute atomic E-state index is 0.00899. The van der Waals surface area contributed by atoms with Crippen molar-refractivity contribution in [3.63, 3.8) is 0 Å². The van der Waals surface area contributed by atoms with Crippen LogP contribution in [0.15, 0.2) is 107 Å². The molecule has 0 spiro atoms. The summed E-state index contributed by atoms with van der Waals surface area (Å²) in [6.07, 6.45) is 14.8. The van der Waals surface area contributed by atoms with Gasteiger partial charge in [0.05, 0.1) is 115 Å². The van der Waals surface area contributed by atoms with E-state index >= 15 is 0 Å². The zero-order valence-electron chi connectivity index (χ0n) is 75.9. The molecule has 10 N–H and O–H groups in total. The van der Waals surface area contributed by atoms with Crippen molar-refractivity contribution in [3.8, 4) is 22.5 Å². The number of oxazole rings is 1. The number of piperidine rings is 1. The van der Waals surface area contributed by atoms with Gasteiger partial charge in [0, 0.05) is 107 Å². The zero-order chi connectivity index (χ0) is 92.5. The number of aliphatic hydroxyl groups is 3. The predicted octanol–water partition coefficient (Wildman–Crippen LogP) is 8.10. The number of Topliss-reactive ketones (excluding diaryl/α,β-unsaturated/α-hetero) is 3. The van der Waals surface area contributed by atoms with Crippen LogP contribution in [-0.4, -0.2) is 275 Å². The summed E-state index contributed by atoms with van der Waals surface area (Å²) in [6, 6.07) is 11.2. The Bertz CT molecular complexity index is 4800. The number of hydrogen-bond donors (Lipinski definition) is 8. The molecule has 6 aromatic rings. The van der Waals surface area contributed by atoms with Gasteiger partial charge in [0.2, 0.25) is 17.6 Å². The van der Waals surface area contributed by atoms with E-state index in [1.165, 1.54) is 17.3 Å². The maximum Gasteiger partial charge on any atom is 0.329 e. The number of nitrogens with zero attached hydrogens (tertiary/aromatic N) is 9. The second kappa shape index (κ2) is 51.0. The lowest BCUT2D eigenvalue weighted by atomic mass is 9.77. The number of nitrogen functional groups attached to an aromatic ring is 2. The molecule has 2 saturated heterocycles. The van der Waals surface area contributed by atoms with Gasteiger partial charge in [-0.1, -0.05) is 88.4 Å². The minimum atomic E-state index is -2.49. The lowest BCUT2D eigenvalue weighted by Crippen LogP contribution is -2.61. The summed E-state index contributed by atoms with van der Waals surface area (Å²) in [5.41, 5.74) is 17.9. The number of fused-ring (bicyclic) bond motifs is 5. The van der Waals surface area contributed by atoms with Gasteiger partial charge in [-0.15, -0.1) is 5.10 Å². The number of cyclic esters (lactones) is 1. The molecule has 129 heavy (non-hydrogen) atoms. The van der Waals surface area contributed by atoms with Crippen molar-refractivity contribution >= 4 is 80.9 Å². The molecule has 1 aliphatic carbocycles. The summed E-state index contributed by atoms with van der Waals surface area (Å²) >= 11 is 0. The molecule has 706 valence electrons. The van der Waals surface area contributed by atoms with E-state index in [0.29, 0.717) is 181 Å². The van der Waals surface area contributed by atoms with Crippen LogP contribution in [0, 0.1) is 35.5 Å². The molecule has 0 unspecified atom stereocenters. The number of nitrogens with one attached hydrogen (secondary N) is 3. The van der Waals surface area contributed by atoms with Gasteiger partial charge in [0.15, 0.2) is 17.0 Å². The van der Waals surface area contributed by atoms with Crippen molar-refractivity contribution in [2.45, 2.75) is 212 Å². The summed E-state index contributed by atoms with van der Waals surface area (Å²) < 4.78 is 67.2. The Labute approximate surface area is 753 Å². The Morgan fingerprint density at radius 1 is 0.713 bits per heavy atom. The van der Waals surface area contributed by atoms with Crippen molar-refractivity contribution in [2.75, 3.05) is 131 Å². The molecular formula is C93H132N14O22. The highest BCUT2D eigenvalue weighted by Crippen LogP contribution is 2.41. The number of benzene rings is 2. The number of aromatic nitrogens is 8. The van der Waals surface area contributed by atoms with E-state index in [1.54, 1.807) is 75.5 Å². The number of ether oxygens (including phenoxy) is 10. The number of hydrogen-bond acceptors (Lipinski definition) is 30. The van der Waals surface area contributed by atoms with Crippen molar-refractivity contribution in [2.24, 2.45) is 35.5 Å². The number of rotatable bonds is 38. The molecule has 0 radical (unpaired) electrons. The van der Waals surface area contributed by atoms with Gasteiger partial charge in [0.1, 0.15) is 59.2 Å². The monoisotopic (exact) mass is 1800 g/mol. The van der Waals surface area contributed by atoms with Crippen LogP contribution in [0.2, 0.25) is 0 Å². The lowest BCUT2D eigenvalue weighted by molar-refractivity contribution is -0.265. The van der Waals surface area contributed by atoms with Crippen LogP contribution < -0.4 is 27.4 Å². The van der Waals surface area contributed by atoms with Crippen LogP contribution in [0.3, 0.4) is 0 Å². The van der Waals surface area contributed by atoms with Gasteiger partial charge in [-0.3, -0.25) is 33.6 Å². The summed E-state index contributed by atoms with van der Waals surface area (Å²) in [4.78, 5) is 124. The van der Waals surface area contributed by atoms with Crippen molar-refractivity contribution < 1.29 is 105 Å². The Morgan fingerprint density at radius 2 is 1.40 bits per heavy atom. The third-order valence-corrected chi connectivity index (χ3v) is 24.4.